The summed E-state index contributed by atoms with van der Waals surface area (Å²) in [6, 6.07) is 2.93. The standard InChI is InChI=1S/C17H22F2N2/c1-6-7-20-16-12(17(3,4)5)9-11-14(19)10(2)8-13(18)15(11)21-16/h8-9H,6-7H2,1-5H3,(H,20,21). The number of pyridine rings is 1. The highest BCUT2D eigenvalue weighted by atomic mass is 19.1. The molecule has 1 N–H and O–H groups in total. The summed E-state index contributed by atoms with van der Waals surface area (Å²) in [6.45, 7) is 10.5. The second-order valence-electron chi connectivity index (χ2n) is 6.45. The summed E-state index contributed by atoms with van der Waals surface area (Å²) >= 11 is 0. The van der Waals surface area contributed by atoms with Gasteiger partial charge in [0.2, 0.25) is 0 Å². The number of anilines is 1. The fourth-order valence-corrected chi connectivity index (χ4v) is 2.35. The van der Waals surface area contributed by atoms with Crippen molar-refractivity contribution in [3.63, 3.8) is 0 Å². The molecule has 2 nitrogen and oxygen atoms in total. The molecule has 0 spiro atoms. The molecular formula is C17H22F2N2. The van der Waals surface area contributed by atoms with E-state index >= 15 is 0 Å². The SMILES string of the molecule is CCCNc1nc2c(F)cc(C)c(F)c2cc1C(C)(C)C. The Labute approximate surface area is 124 Å². The van der Waals surface area contributed by atoms with Gasteiger partial charge in [-0.3, -0.25) is 0 Å². The molecule has 0 radical (unpaired) electrons. The summed E-state index contributed by atoms with van der Waals surface area (Å²) in [5.41, 5.74) is 1.08. The summed E-state index contributed by atoms with van der Waals surface area (Å²) < 4.78 is 28.4. The van der Waals surface area contributed by atoms with Crippen molar-refractivity contribution in [3.8, 4) is 0 Å². The largest absolute Gasteiger partial charge is 0.370 e. The van der Waals surface area contributed by atoms with Gasteiger partial charge < -0.3 is 5.32 Å². The van der Waals surface area contributed by atoms with Gasteiger partial charge in [0, 0.05) is 17.5 Å². The number of aromatic nitrogens is 1. The lowest BCUT2D eigenvalue weighted by Gasteiger charge is -2.23. The summed E-state index contributed by atoms with van der Waals surface area (Å²) in [7, 11) is 0. The minimum absolute atomic E-state index is 0.0877. The average Bonchev–Trinajstić information content (AvgIpc) is 2.40. The molecular weight excluding hydrogens is 270 g/mol. The predicted molar refractivity (Wildman–Crippen MR) is 83.9 cm³/mol. The van der Waals surface area contributed by atoms with Crippen LogP contribution in [0.5, 0.6) is 0 Å². The smallest absolute Gasteiger partial charge is 0.149 e. The van der Waals surface area contributed by atoms with Gasteiger partial charge in [-0.05, 0) is 36.5 Å². The van der Waals surface area contributed by atoms with E-state index < -0.39 is 11.6 Å². The topological polar surface area (TPSA) is 24.9 Å². The van der Waals surface area contributed by atoms with Crippen LogP contribution in [0, 0.1) is 18.6 Å². The van der Waals surface area contributed by atoms with Crippen LogP contribution in [0.15, 0.2) is 12.1 Å². The first kappa shape index (κ1) is 15.7. The first-order valence-electron chi connectivity index (χ1n) is 7.29. The van der Waals surface area contributed by atoms with E-state index in [-0.39, 0.29) is 16.3 Å². The molecule has 0 bridgehead atoms. The molecule has 2 rings (SSSR count). The molecule has 0 aliphatic carbocycles. The Hall–Kier alpha value is -1.71. The zero-order valence-corrected chi connectivity index (χ0v) is 13.3. The Morgan fingerprint density at radius 3 is 2.43 bits per heavy atom. The number of nitrogens with one attached hydrogen (secondary N) is 1. The zero-order chi connectivity index (χ0) is 15.8. The van der Waals surface area contributed by atoms with Gasteiger partial charge in [-0.2, -0.15) is 0 Å². The molecule has 0 saturated carbocycles. The number of hydrogen-bond donors (Lipinski definition) is 1. The van der Waals surface area contributed by atoms with Crippen LogP contribution in [0.3, 0.4) is 0 Å². The van der Waals surface area contributed by atoms with Crippen molar-refractivity contribution in [2.24, 2.45) is 0 Å². The molecule has 2 aromatic rings. The summed E-state index contributed by atoms with van der Waals surface area (Å²) in [5, 5.41) is 3.47. The Morgan fingerprint density at radius 2 is 1.86 bits per heavy atom. The maximum absolute atomic E-state index is 14.3. The van der Waals surface area contributed by atoms with Crippen molar-refractivity contribution in [3.05, 3.63) is 34.9 Å². The Morgan fingerprint density at radius 1 is 1.19 bits per heavy atom. The van der Waals surface area contributed by atoms with Crippen molar-refractivity contribution in [1.29, 1.82) is 0 Å². The van der Waals surface area contributed by atoms with Crippen molar-refractivity contribution in [2.45, 2.75) is 46.5 Å². The highest BCUT2D eigenvalue weighted by molar-refractivity contribution is 5.84. The molecule has 114 valence electrons. The van der Waals surface area contributed by atoms with Gasteiger partial charge in [-0.15, -0.1) is 0 Å². The summed E-state index contributed by atoms with van der Waals surface area (Å²) in [5.74, 6) is -0.241. The third-order valence-electron chi connectivity index (χ3n) is 3.53. The van der Waals surface area contributed by atoms with Crippen LogP contribution >= 0.6 is 0 Å². The minimum atomic E-state index is -0.482. The molecule has 0 atom stereocenters. The Balaban J connectivity index is 2.77. The Bertz CT molecular complexity index is 673. The van der Waals surface area contributed by atoms with E-state index in [0.717, 1.165) is 18.5 Å². The van der Waals surface area contributed by atoms with Crippen LogP contribution in [0.2, 0.25) is 0 Å². The van der Waals surface area contributed by atoms with Crippen LogP contribution in [-0.2, 0) is 5.41 Å². The van der Waals surface area contributed by atoms with Crippen LogP contribution in [-0.4, -0.2) is 11.5 Å². The van der Waals surface area contributed by atoms with Gasteiger partial charge >= 0.3 is 0 Å². The molecule has 0 saturated heterocycles. The lowest BCUT2D eigenvalue weighted by molar-refractivity contribution is 0.585. The molecule has 0 fully saturated rings. The van der Waals surface area contributed by atoms with Gasteiger partial charge in [0.1, 0.15) is 23.0 Å². The van der Waals surface area contributed by atoms with Crippen molar-refractivity contribution in [2.75, 3.05) is 11.9 Å². The molecule has 1 aromatic heterocycles. The maximum Gasteiger partial charge on any atom is 0.149 e. The molecule has 1 aromatic carbocycles. The van der Waals surface area contributed by atoms with Crippen molar-refractivity contribution >= 4 is 16.7 Å². The summed E-state index contributed by atoms with van der Waals surface area (Å²) in [6.07, 6.45) is 0.939. The number of hydrogen-bond acceptors (Lipinski definition) is 2. The lowest BCUT2D eigenvalue weighted by atomic mass is 9.86. The van der Waals surface area contributed by atoms with E-state index in [1.54, 1.807) is 13.0 Å². The fourth-order valence-electron chi connectivity index (χ4n) is 2.35. The van der Waals surface area contributed by atoms with E-state index in [1.165, 1.54) is 6.07 Å². The zero-order valence-electron chi connectivity index (χ0n) is 13.3. The van der Waals surface area contributed by atoms with Gasteiger partial charge in [0.25, 0.3) is 0 Å². The normalized spacial score (nSPS) is 12.0. The van der Waals surface area contributed by atoms with Gasteiger partial charge in [0.05, 0.1) is 0 Å². The van der Waals surface area contributed by atoms with E-state index in [1.807, 2.05) is 20.8 Å². The third-order valence-corrected chi connectivity index (χ3v) is 3.53. The first-order valence-corrected chi connectivity index (χ1v) is 7.29. The molecule has 0 amide bonds. The number of aryl methyl sites for hydroxylation is 1. The minimum Gasteiger partial charge on any atom is -0.370 e. The Kier molecular flexibility index (Phi) is 4.17. The number of halogens is 2. The molecule has 1 heterocycles. The third kappa shape index (κ3) is 2.99. The highest BCUT2D eigenvalue weighted by Crippen LogP contribution is 2.33. The fraction of sp³-hybridized carbons (Fsp3) is 0.471. The van der Waals surface area contributed by atoms with E-state index in [9.17, 15) is 8.78 Å². The van der Waals surface area contributed by atoms with Gasteiger partial charge in [0.15, 0.2) is 0 Å². The number of nitrogens with zero attached hydrogens (tertiary/aromatic N) is 1. The number of fused-ring (bicyclic) bond motifs is 1. The number of rotatable bonds is 3. The number of benzene rings is 1. The summed E-state index contributed by atoms with van der Waals surface area (Å²) in [4.78, 5) is 4.35. The van der Waals surface area contributed by atoms with Gasteiger partial charge in [-0.1, -0.05) is 27.7 Å². The van der Waals surface area contributed by atoms with E-state index in [2.05, 4.69) is 17.2 Å². The van der Waals surface area contributed by atoms with Crippen LogP contribution in [0.4, 0.5) is 14.6 Å². The van der Waals surface area contributed by atoms with E-state index in [0.29, 0.717) is 11.4 Å². The quantitative estimate of drug-likeness (QED) is 0.866. The molecule has 0 aliphatic heterocycles. The highest BCUT2D eigenvalue weighted by Gasteiger charge is 2.22. The maximum atomic E-state index is 14.3. The van der Waals surface area contributed by atoms with Gasteiger partial charge in [-0.25, -0.2) is 13.8 Å². The van der Waals surface area contributed by atoms with E-state index in [4.69, 9.17) is 0 Å². The van der Waals surface area contributed by atoms with Crippen molar-refractivity contribution in [1.82, 2.24) is 4.98 Å². The molecule has 4 heteroatoms. The second-order valence-corrected chi connectivity index (χ2v) is 6.45. The van der Waals surface area contributed by atoms with Crippen LogP contribution in [0.1, 0.15) is 45.2 Å². The average molecular weight is 292 g/mol. The van der Waals surface area contributed by atoms with Crippen molar-refractivity contribution < 1.29 is 8.78 Å². The second kappa shape index (κ2) is 5.58. The lowest BCUT2D eigenvalue weighted by Crippen LogP contribution is -2.17. The first-order chi connectivity index (χ1) is 9.75. The van der Waals surface area contributed by atoms with Crippen LogP contribution < -0.4 is 5.32 Å². The molecule has 0 unspecified atom stereocenters. The molecule has 0 aliphatic rings. The monoisotopic (exact) mass is 292 g/mol. The van der Waals surface area contributed by atoms with Crippen LogP contribution in [0.25, 0.3) is 10.9 Å². The molecule has 21 heavy (non-hydrogen) atoms. The predicted octanol–water partition coefficient (Wildman–Crippen LogP) is 4.94.